The number of hydrogen-bond donors (Lipinski definition) is 0. The zero-order valence-corrected chi connectivity index (χ0v) is 16.3. The van der Waals surface area contributed by atoms with Crippen LogP contribution in [0.15, 0.2) is 32.4 Å². The second kappa shape index (κ2) is 6.12. The summed E-state index contributed by atoms with van der Waals surface area (Å²) < 4.78 is 2.86. The highest BCUT2D eigenvalue weighted by molar-refractivity contribution is 9.11. The maximum absolute atomic E-state index is 4.53. The summed E-state index contributed by atoms with van der Waals surface area (Å²) in [5.74, 6) is 0. The number of hydrogen-bond acceptors (Lipinski definition) is 1. The topological polar surface area (TPSA) is 12.9 Å². The lowest BCUT2D eigenvalue weighted by Crippen LogP contribution is -1.97. The van der Waals surface area contributed by atoms with Crippen molar-refractivity contribution in [2.24, 2.45) is 0 Å². The first-order valence-electron chi connectivity index (χ1n) is 6.13. The fourth-order valence-corrected chi connectivity index (χ4v) is 4.32. The minimum absolute atomic E-state index is 0.867. The Morgan fingerprint density at radius 1 is 0.900 bits per heavy atom. The Hall–Kier alpha value is -0.450. The Morgan fingerprint density at radius 2 is 1.55 bits per heavy atom. The van der Waals surface area contributed by atoms with E-state index in [-0.39, 0.29) is 0 Å². The average molecular weight is 460 g/mol. The van der Waals surface area contributed by atoms with Crippen molar-refractivity contribution < 1.29 is 0 Å². The van der Waals surface area contributed by atoms with Gasteiger partial charge in [0.25, 0.3) is 0 Å². The van der Waals surface area contributed by atoms with Gasteiger partial charge >= 0.3 is 0 Å². The van der Waals surface area contributed by atoms with Crippen LogP contribution in [0.5, 0.6) is 0 Å². The van der Waals surface area contributed by atoms with Gasteiger partial charge in [0.05, 0.1) is 0 Å². The molecule has 2 rings (SSSR count). The molecule has 20 heavy (non-hydrogen) atoms. The zero-order chi connectivity index (χ0) is 15.0. The molecule has 0 aliphatic rings. The smallest absolute Gasteiger partial charge is 0.115 e. The molecule has 0 unspecified atom stereocenters. The quantitative estimate of drug-likeness (QED) is 0.362. The third-order valence-corrected chi connectivity index (χ3v) is 5.82. The summed E-state index contributed by atoms with van der Waals surface area (Å²) in [6, 6.07) is 0. The summed E-state index contributed by atoms with van der Waals surface area (Å²) in [7, 11) is 0. The van der Waals surface area contributed by atoms with Gasteiger partial charge in [-0.15, -0.1) is 0 Å². The van der Waals surface area contributed by atoms with E-state index in [1.165, 1.54) is 22.1 Å². The molecular formula is C16H14Br3N. The van der Waals surface area contributed by atoms with Gasteiger partial charge in [0, 0.05) is 9.86 Å². The zero-order valence-electron chi connectivity index (χ0n) is 11.5. The van der Waals surface area contributed by atoms with E-state index in [0.29, 0.717) is 0 Å². The lowest BCUT2D eigenvalue weighted by atomic mass is 9.95. The Bertz CT molecular complexity index is 746. The molecular weight excluding hydrogens is 446 g/mol. The molecule has 1 nitrogen and oxygen atoms in total. The Labute approximate surface area is 144 Å². The third kappa shape index (κ3) is 2.53. The molecule has 0 radical (unpaired) electrons. The van der Waals surface area contributed by atoms with Crippen molar-refractivity contribution in [2.75, 3.05) is 0 Å². The normalized spacial score (nSPS) is 11.5. The maximum atomic E-state index is 4.53. The van der Waals surface area contributed by atoms with Gasteiger partial charge in [0.2, 0.25) is 0 Å². The second-order valence-electron chi connectivity index (χ2n) is 4.64. The standard InChI is InChI=1S/C16H14Br3N/c1-5-6-7-11-8(2)13-12(9(3)14(11)17)10(4)15(18)20-16(13)19/h5-7H,1H2,2-4H3. The largest absolute Gasteiger partial charge is 0.233 e. The molecule has 0 atom stereocenters. The van der Waals surface area contributed by atoms with E-state index in [4.69, 9.17) is 0 Å². The molecule has 0 aliphatic carbocycles. The molecule has 1 aromatic carbocycles. The number of rotatable bonds is 2. The van der Waals surface area contributed by atoms with Gasteiger partial charge in [-0.3, -0.25) is 0 Å². The maximum Gasteiger partial charge on any atom is 0.115 e. The lowest BCUT2D eigenvalue weighted by Gasteiger charge is -2.17. The number of aryl methyl sites for hydroxylation is 3. The van der Waals surface area contributed by atoms with Crippen molar-refractivity contribution in [2.45, 2.75) is 20.8 Å². The molecule has 0 bridgehead atoms. The van der Waals surface area contributed by atoms with E-state index in [2.05, 4.69) is 86.2 Å². The van der Waals surface area contributed by atoms with Crippen LogP contribution in [-0.4, -0.2) is 4.98 Å². The predicted molar refractivity (Wildman–Crippen MR) is 98.3 cm³/mol. The molecule has 0 fully saturated rings. The van der Waals surface area contributed by atoms with E-state index >= 15 is 0 Å². The average Bonchev–Trinajstić information content (AvgIpc) is 2.40. The number of benzene rings is 1. The number of aromatic nitrogens is 1. The summed E-state index contributed by atoms with van der Waals surface area (Å²) in [6.45, 7) is 10.1. The van der Waals surface area contributed by atoms with Gasteiger partial charge in [-0.1, -0.05) is 24.8 Å². The van der Waals surface area contributed by atoms with Gasteiger partial charge in [0.15, 0.2) is 0 Å². The fraction of sp³-hybridized carbons (Fsp3) is 0.188. The van der Waals surface area contributed by atoms with E-state index in [9.17, 15) is 0 Å². The number of halogens is 3. The van der Waals surface area contributed by atoms with Crippen LogP contribution in [-0.2, 0) is 0 Å². The van der Waals surface area contributed by atoms with Crippen molar-refractivity contribution in [3.8, 4) is 0 Å². The highest BCUT2D eigenvalue weighted by Gasteiger charge is 2.17. The van der Waals surface area contributed by atoms with Gasteiger partial charge < -0.3 is 0 Å². The van der Waals surface area contributed by atoms with Crippen LogP contribution >= 0.6 is 47.8 Å². The van der Waals surface area contributed by atoms with Crippen LogP contribution in [0.1, 0.15) is 22.3 Å². The van der Waals surface area contributed by atoms with Gasteiger partial charge in [-0.25, -0.2) is 4.98 Å². The molecule has 1 heterocycles. The minimum Gasteiger partial charge on any atom is -0.233 e. The fourth-order valence-electron chi connectivity index (χ4n) is 2.40. The van der Waals surface area contributed by atoms with Gasteiger partial charge in [-0.05, 0) is 96.2 Å². The molecule has 104 valence electrons. The van der Waals surface area contributed by atoms with Crippen LogP contribution in [0.2, 0.25) is 0 Å². The first kappa shape index (κ1) is 15.9. The molecule has 0 amide bonds. The highest BCUT2D eigenvalue weighted by atomic mass is 79.9. The molecule has 0 saturated carbocycles. The van der Waals surface area contributed by atoms with E-state index in [1.807, 2.05) is 6.08 Å². The Morgan fingerprint density at radius 3 is 2.15 bits per heavy atom. The predicted octanol–water partition coefficient (Wildman–Crippen LogP) is 6.65. The highest BCUT2D eigenvalue weighted by Crippen LogP contribution is 2.40. The molecule has 0 aliphatic heterocycles. The summed E-state index contributed by atoms with van der Waals surface area (Å²) in [5.41, 5.74) is 4.74. The van der Waals surface area contributed by atoms with Crippen LogP contribution < -0.4 is 0 Å². The van der Waals surface area contributed by atoms with Crippen LogP contribution in [0, 0.1) is 20.8 Å². The first-order chi connectivity index (χ1) is 9.40. The monoisotopic (exact) mass is 457 g/mol. The van der Waals surface area contributed by atoms with Gasteiger partial charge in [-0.2, -0.15) is 0 Å². The Kier molecular flexibility index (Phi) is 4.88. The van der Waals surface area contributed by atoms with Crippen LogP contribution in [0.4, 0.5) is 0 Å². The van der Waals surface area contributed by atoms with E-state index in [1.54, 1.807) is 6.08 Å². The number of fused-ring (bicyclic) bond motifs is 1. The van der Waals surface area contributed by atoms with Crippen molar-refractivity contribution >= 4 is 64.6 Å². The van der Waals surface area contributed by atoms with Crippen LogP contribution in [0.25, 0.3) is 16.8 Å². The van der Waals surface area contributed by atoms with Crippen molar-refractivity contribution in [1.29, 1.82) is 0 Å². The number of nitrogens with zero attached hydrogens (tertiary/aromatic N) is 1. The third-order valence-electron chi connectivity index (χ3n) is 3.46. The molecule has 1 aromatic heterocycles. The number of allylic oxidation sites excluding steroid dienone is 2. The lowest BCUT2D eigenvalue weighted by molar-refractivity contribution is 1.20. The summed E-state index contributed by atoms with van der Waals surface area (Å²) in [5, 5.41) is 2.40. The molecule has 2 aromatic rings. The molecule has 4 heteroatoms. The molecule has 0 saturated heterocycles. The van der Waals surface area contributed by atoms with E-state index < -0.39 is 0 Å². The van der Waals surface area contributed by atoms with E-state index in [0.717, 1.165) is 24.6 Å². The van der Waals surface area contributed by atoms with Crippen molar-refractivity contribution in [3.63, 3.8) is 0 Å². The molecule has 0 spiro atoms. The summed E-state index contributed by atoms with van der Waals surface area (Å²) >= 11 is 10.8. The Balaban J connectivity index is 3.04. The summed E-state index contributed by atoms with van der Waals surface area (Å²) in [6.07, 6.45) is 5.81. The van der Waals surface area contributed by atoms with Gasteiger partial charge in [0.1, 0.15) is 9.21 Å². The SMILES string of the molecule is C=CC=Cc1c(Br)c(C)c2c(C)c(Br)nc(Br)c2c1C. The van der Waals surface area contributed by atoms with Crippen LogP contribution in [0.3, 0.4) is 0 Å². The van der Waals surface area contributed by atoms with Crippen molar-refractivity contribution in [1.82, 2.24) is 4.98 Å². The molecule has 0 N–H and O–H groups in total. The first-order valence-corrected chi connectivity index (χ1v) is 8.51. The summed E-state index contributed by atoms with van der Waals surface area (Å²) in [4.78, 5) is 4.53. The number of pyridine rings is 1. The minimum atomic E-state index is 0.867. The van der Waals surface area contributed by atoms with Crippen molar-refractivity contribution in [3.05, 3.63) is 54.7 Å². The second-order valence-corrected chi connectivity index (χ2v) is 6.94.